The van der Waals surface area contributed by atoms with Crippen molar-refractivity contribution in [2.75, 3.05) is 14.2 Å². The molecule has 1 unspecified atom stereocenters. The molecule has 0 spiro atoms. The van der Waals surface area contributed by atoms with Gasteiger partial charge in [0.15, 0.2) is 0 Å². The van der Waals surface area contributed by atoms with Crippen LogP contribution >= 0.6 is 11.6 Å². The van der Waals surface area contributed by atoms with Gasteiger partial charge in [0.05, 0.1) is 20.3 Å². The zero-order chi connectivity index (χ0) is 14.5. The second-order valence-electron chi connectivity index (χ2n) is 4.23. The third-order valence-corrected chi connectivity index (χ3v) is 3.36. The van der Waals surface area contributed by atoms with Crippen LogP contribution in [0.5, 0.6) is 11.5 Å². The molecule has 0 aromatic heterocycles. The molecule has 2 rings (SSSR count). The van der Waals surface area contributed by atoms with Crippen molar-refractivity contribution in [2.45, 2.75) is 6.04 Å². The van der Waals surface area contributed by atoms with Crippen LogP contribution in [0.4, 0.5) is 0 Å². The number of nitrogens with two attached hydrogens (primary N) is 1. The highest BCUT2D eigenvalue weighted by molar-refractivity contribution is 6.30. The Morgan fingerprint density at radius 1 is 1.00 bits per heavy atom. The lowest BCUT2D eigenvalue weighted by atomic mass is 9.97. The van der Waals surface area contributed by atoms with Crippen LogP contribution in [0.25, 0.3) is 0 Å². The molecule has 0 aliphatic carbocycles. The normalized spacial score (nSPS) is 12.0. The van der Waals surface area contributed by atoms with Crippen LogP contribution in [0, 0.1) is 0 Å². The molecule has 20 heavy (non-hydrogen) atoms. The second-order valence-corrected chi connectivity index (χ2v) is 4.66. The van der Waals surface area contributed by atoms with Gasteiger partial charge in [-0.15, -0.1) is 0 Å². The highest BCUT2D eigenvalue weighted by atomic mass is 35.5. The lowest BCUT2D eigenvalue weighted by Gasteiger charge is -2.21. The standard InChI is InChI=1S/C15H17ClN2O2/c1-19-13-6-4-3-5-11(13)15(18-17)12-8-7-10(16)9-14(12)20-2/h3-9,15,18H,17H2,1-2H3. The van der Waals surface area contributed by atoms with Gasteiger partial charge in [0.1, 0.15) is 11.5 Å². The predicted octanol–water partition coefficient (Wildman–Crippen LogP) is 2.91. The first-order chi connectivity index (χ1) is 9.71. The Morgan fingerprint density at radius 3 is 2.30 bits per heavy atom. The van der Waals surface area contributed by atoms with E-state index in [2.05, 4.69) is 5.43 Å². The number of hydrogen-bond acceptors (Lipinski definition) is 4. The molecular formula is C15H17ClN2O2. The third kappa shape index (κ3) is 2.88. The number of rotatable bonds is 5. The third-order valence-electron chi connectivity index (χ3n) is 3.12. The van der Waals surface area contributed by atoms with Gasteiger partial charge in [0.2, 0.25) is 0 Å². The molecule has 0 saturated carbocycles. The molecule has 0 aliphatic rings. The summed E-state index contributed by atoms with van der Waals surface area (Å²) in [6.07, 6.45) is 0. The fourth-order valence-corrected chi connectivity index (χ4v) is 2.34. The first-order valence-corrected chi connectivity index (χ1v) is 6.51. The van der Waals surface area contributed by atoms with E-state index in [4.69, 9.17) is 26.9 Å². The smallest absolute Gasteiger partial charge is 0.125 e. The maximum Gasteiger partial charge on any atom is 0.125 e. The molecule has 0 saturated heterocycles. The van der Waals surface area contributed by atoms with Crippen LogP contribution in [0.15, 0.2) is 42.5 Å². The molecule has 2 aromatic carbocycles. The minimum atomic E-state index is -0.252. The van der Waals surface area contributed by atoms with Crippen molar-refractivity contribution in [3.05, 3.63) is 58.6 Å². The van der Waals surface area contributed by atoms with Crippen LogP contribution in [0.3, 0.4) is 0 Å². The number of hydrazine groups is 1. The van der Waals surface area contributed by atoms with Crippen molar-refractivity contribution < 1.29 is 9.47 Å². The van der Waals surface area contributed by atoms with Gasteiger partial charge in [-0.25, -0.2) is 5.43 Å². The van der Waals surface area contributed by atoms with Gasteiger partial charge in [0, 0.05) is 16.1 Å². The monoisotopic (exact) mass is 292 g/mol. The summed E-state index contributed by atoms with van der Waals surface area (Å²) < 4.78 is 10.8. The summed E-state index contributed by atoms with van der Waals surface area (Å²) in [6, 6.07) is 12.9. The summed E-state index contributed by atoms with van der Waals surface area (Å²) in [5.74, 6) is 7.16. The number of hydrogen-bond donors (Lipinski definition) is 2. The molecule has 4 nitrogen and oxygen atoms in total. The average molecular weight is 293 g/mol. The van der Waals surface area contributed by atoms with Crippen LogP contribution in [-0.2, 0) is 0 Å². The van der Waals surface area contributed by atoms with E-state index in [1.807, 2.05) is 30.3 Å². The summed E-state index contributed by atoms with van der Waals surface area (Å²) >= 11 is 5.99. The Bertz CT molecular complexity index is 590. The van der Waals surface area contributed by atoms with E-state index in [0.717, 1.165) is 16.9 Å². The molecule has 3 N–H and O–H groups in total. The summed E-state index contributed by atoms with van der Waals surface area (Å²) in [5, 5.41) is 0.612. The van der Waals surface area contributed by atoms with Crippen LogP contribution < -0.4 is 20.7 Å². The quantitative estimate of drug-likeness (QED) is 0.657. The van der Waals surface area contributed by atoms with Gasteiger partial charge in [0.25, 0.3) is 0 Å². The van der Waals surface area contributed by atoms with E-state index in [-0.39, 0.29) is 6.04 Å². The zero-order valence-corrected chi connectivity index (χ0v) is 12.1. The van der Waals surface area contributed by atoms with Gasteiger partial charge in [-0.3, -0.25) is 5.84 Å². The van der Waals surface area contributed by atoms with Crippen molar-refractivity contribution >= 4 is 11.6 Å². The molecule has 0 radical (unpaired) electrons. The summed E-state index contributed by atoms with van der Waals surface area (Å²) in [7, 11) is 3.23. The maximum absolute atomic E-state index is 5.99. The number of para-hydroxylation sites is 1. The molecule has 0 heterocycles. The molecule has 2 aromatic rings. The molecule has 1 atom stereocenters. The second kappa shape index (κ2) is 6.61. The van der Waals surface area contributed by atoms with Crippen LogP contribution in [0.1, 0.15) is 17.2 Å². The Morgan fingerprint density at radius 2 is 1.65 bits per heavy atom. The predicted molar refractivity (Wildman–Crippen MR) is 80.2 cm³/mol. The Labute approximate surface area is 123 Å². The molecule has 0 fully saturated rings. The fourth-order valence-electron chi connectivity index (χ4n) is 2.18. The number of benzene rings is 2. The molecular weight excluding hydrogens is 276 g/mol. The Balaban J connectivity index is 2.52. The van der Waals surface area contributed by atoms with Crippen molar-refractivity contribution in [1.82, 2.24) is 5.43 Å². The van der Waals surface area contributed by atoms with Crippen molar-refractivity contribution in [3.63, 3.8) is 0 Å². The SMILES string of the molecule is COc1ccccc1C(NN)c1ccc(Cl)cc1OC. The van der Waals surface area contributed by atoms with Gasteiger partial charge in [-0.05, 0) is 18.2 Å². The zero-order valence-electron chi connectivity index (χ0n) is 11.4. The minimum Gasteiger partial charge on any atom is -0.496 e. The fraction of sp³-hybridized carbons (Fsp3) is 0.200. The molecule has 5 heteroatoms. The maximum atomic E-state index is 5.99. The van der Waals surface area contributed by atoms with Crippen molar-refractivity contribution in [3.8, 4) is 11.5 Å². The lowest BCUT2D eigenvalue weighted by Crippen LogP contribution is -2.29. The van der Waals surface area contributed by atoms with E-state index in [0.29, 0.717) is 10.8 Å². The van der Waals surface area contributed by atoms with Gasteiger partial charge in [-0.2, -0.15) is 0 Å². The first-order valence-electron chi connectivity index (χ1n) is 6.13. The van der Waals surface area contributed by atoms with E-state index < -0.39 is 0 Å². The highest BCUT2D eigenvalue weighted by Crippen LogP contribution is 2.35. The van der Waals surface area contributed by atoms with Crippen molar-refractivity contribution in [2.24, 2.45) is 5.84 Å². The largest absolute Gasteiger partial charge is 0.496 e. The molecule has 0 amide bonds. The number of halogens is 1. The molecule has 0 aliphatic heterocycles. The van der Waals surface area contributed by atoms with Crippen LogP contribution in [0.2, 0.25) is 5.02 Å². The number of methoxy groups -OCH3 is 2. The van der Waals surface area contributed by atoms with Crippen molar-refractivity contribution in [1.29, 1.82) is 0 Å². The summed E-state index contributed by atoms with van der Waals surface area (Å²) in [4.78, 5) is 0. The first kappa shape index (κ1) is 14.7. The highest BCUT2D eigenvalue weighted by Gasteiger charge is 2.20. The van der Waals surface area contributed by atoms with Crippen LogP contribution in [-0.4, -0.2) is 14.2 Å². The van der Waals surface area contributed by atoms with Gasteiger partial charge >= 0.3 is 0 Å². The van der Waals surface area contributed by atoms with E-state index in [9.17, 15) is 0 Å². The molecule has 0 bridgehead atoms. The average Bonchev–Trinajstić information content (AvgIpc) is 2.49. The number of nitrogens with one attached hydrogen (secondary N) is 1. The Hall–Kier alpha value is -1.75. The van der Waals surface area contributed by atoms with E-state index in [1.165, 1.54) is 0 Å². The summed E-state index contributed by atoms with van der Waals surface area (Å²) in [6.45, 7) is 0. The lowest BCUT2D eigenvalue weighted by molar-refractivity contribution is 0.394. The number of ether oxygens (including phenoxy) is 2. The minimum absolute atomic E-state index is 0.252. The summed E-state index contributed by atoms with van der Waals surface area (Å²) in [5.41, 5.74) is 4.62. The van der Waals surface area contributed by atoms with E-state index >= 15 is 0 Å². The van der Waals surface area contributed by atoms with Gasteiger partial charge in [-0.1, -0.05) is 35.9 Å². The molecule has 106 valence electrons. The topological polar surface area (TPSA) is 56.5 Å². The Kier molecular flexibility index (Phi) is 4.84. The van der Waals surface area contributed by atoms with Gasteiger partial charge < -0.3 is 9.47 Å². The van der Waals surface area contributed by atoms with E-state index in [1.54, 1.807) is 26.4 Å².